The second kappa shape index (κ2) is 10.7. The van der Waals surface area contributed by atoms with Crippen molar-refractivity contribution >= 4 is 18.5 Å². The smallest absolute Gasteiger partial charge is 0.344 e. The van der Waals surface area contributed by atoms with Gasteiger partial charge in [-0.3, -0.25) is 0 Å². The molecule has 0 aromatic heterocycles. The van der Waals surface area contributed by atoms with E-state index in [0.29, 0.717) is 6.42 Å². The van der Waals surface area contributed by atoms with Crippen LogP contribution < -0.4 is 0 Å². The average Bonchev–Trinajstić information content (AvgIpc) is 2.62. The maximum atomic E-state index is 12.4. The number of hydrogen-bond donors (Lipinski definition) is 1. The van der Waals surface area contributed by atoms with Crippen molar-refractivity contribution < 1.29 is 24.2 Å². The van der Waals surface area contributed by atoms with Crippen molar-refractivity contribution in [3.63, 3.8) is 0 Å². The lowest BCUT2D eigenvalue weighted by atomic mass is 9.82. The van der Waals surface area contributed by atoms with Crippen molar-refractivity contribution in [3.05, 3.63) is 35.9 Å². The van der Waals surface area contributed by atoms with E-state index in [1.807, 2.05) is 0 Å². The molecular weight excluding hydrogens is 308 g/mol. The van der Waals surface area contributed by atoms with Crippen molar-refractivity contribution in [2.24, 2.45) is 5.92 Å². The molecule has 1 N–H and O–H groups in total. The Morgan fingerprint density at radius 1 is 1.08 bits per heavy atom. The first kappa shape index (κ1) is 20.0. The Morgan fingerprint density at radius 3 is 2.25 bits per heavy atom. The third-order valence-electron chi connectivity index (χ3n) is 4.03. The molecule has 5 heteroatoms. The molecular formula is C19H26O5. The molecule has 24 heavy (non-hydrogen) atoms. The molecule has 0 fully saturated rings. The molecule has 0 aliphatic carbocycles. The molecule has 0 bridgehead atoms. The van der Waals surface area contributed by atoms with Gasteiger partial charge in [-0.2, -0.15) is 0 Å². The third kappa shape index (κ3) is 5.27. The molecule has 0 heterocycles. The second-order valence-electron chi connectivity index (χ2n) is 5.83. The van der Waals surface area contributed by atoms with Gasteiger partial charge >= 0.3 is 5.97 Å². The summed E-state index contributed by atoms with van der Waals surface area (Å²) in [5.41, 5.74) is -2.12. The average molecular weight is 334 g/mol. The number of aliphatic hydroxyl groups is 1. The van der Waals surface area contributed by atoms with Crippen LogP contribution >= 0.6 is 0 Å². The molecule has 132 valence electrons. The third-order valence-corrected chi connectivity index (χ3v) is 4.03. The topological polar surface area (TPSA) is 80.7 Å². The van der Waals surface area contributed by atoms with E-state index in [1.165, 1.54) is 18.6 Å². The first-order valence-electron chi connectivity index (χ1n) is 8.47. The number of rotatable bonds is 12. The molecule has 1 rings (SSSR count). The summed E-state index contributed by atoms with van der Waals surface area (Å²) in [6, 6.07) is 7.93. The van der Waals surface area contributed by atoms with Crippen LogP contribution in [0.25, 0.3) is 0 Å². The van der Waals surface area contributed by atoms with Gasteiger partial charge in [0.25, 0.3) is 0 Å². The number of unbranched alkanes of at least 4 members (excludes halogenated alkanes) is 5. The summed E-state index contributed by atoms with van der Waals surface area (Å²) in [5, 5.41) is 10.7. The quantitative estimate of drug-likeness (QED) is 0.275. The van der Waals surface area contributed by atoms with Gasteiger partial charge in [-0.15, -0.1) is 0 Å². The SMILES string of the molecule is CCCCCCCCOC(=O)C(O)(c1ccccc1)C(C=O)C=O. The fourth-order valence-electron chi connectivity index (χ4n) is 2.52. The van der Waals surface area contributed by atoms with E-state index in [1.54, 1.807) is 18.2 Å². The highest BCUT2D eigenvalue weighted by Gasteiger charge is 2.47. The molecule has 0 spiro atoms. The number of aldehydes is 2. The predicted octanol–water partition coefficient (Wildman–Crippen LogP) is 2.79. The normalized spacial score (nSPS) is 13.3. The lowest BCUT2D eigenvalue weighted by molar-refractivity contribution is -0.175. The zero-order chi connectivity index (χ0) is 17.8. The van der Waals surface area contributed by atoms with Gasteiger partial charge in [0.2, 0.25) is 5.60 Å². The maximum Gasteiger partial charge on any atom is 0.344 e. The van der Waals surface area contributed by atoms with E-state index in [2.05, 4.69) is 6.92 Å². The van der Waals surface area contributed by atoms with E-state index >= 15 is 0 Å². The van der Waals surface area contributed by atoms with Crippen LogP contribution in [0.4, 0.5) is 0 Å². The van der Waals surface area contributed by atoms with Crippen molar-refractivity contribution in [2.75, 3.05) is 6.61 Å². The molecule has 1 atom stereocenters. The van der Waals surface area contributed by atoms with E-state index < -0.39 is 17.5 Å². The molecule has 1 aromatic rings. The lowest BCUT2D eigenvalue weighted by Gasteiger charge is -2.28. The number of ether oxygens (including phenoxy) is 1. The van der Waals surface area contributed by atoms with Crippen LogP contribution in [-0.4, -0.2) is 30.3 Å². The Kier molecular flexibility index (Phi) is 8.94. The number of carbonyl (C=O) groups is 3. The van der Waals surface area contributed by atoms with Gasteiger partial charge in [0.05, 0.1) is 6.61 Å². The summed E-state index contributed by atoms with van der Waals surface area (Å²) in [5.74, 6) is -2.47. The number of carbonyl (C=O) groups excluding carboxylic acids is 3. The standard InChI is InChI=1S/C19H26O5/c1-2-3-4-5-6-10-13-24-18(22)19(23,17(14-20)15-21)16-11-8-7-9-12-16/h7-9,11-12,14-15,17,23H,2-6,10,13H2,1H3. The summed E-state index contributed by atoms with van der Waals surface area (Å²) >= 11 is 0. The molecule has 1 unspecified atom stereocenters. The monoisotopic (exact) mass is 334 g/mol. The van der Waals surface area contributed by atoms with E-state index in [9.17, 15) is 19.5 Å². The van der Waals surface area contributed by atoms with Crippen molar-refractivity contribution in [3.8, 4) is 0 Å². The first-order valence-corrected chi connectivity index (χ1v) is 8.47. The zero-order valence-corrected chi connectivity index (χ0v) is 14.1. The zero-order valence-electron chi connectivity index (χ0n) is 14.1. The summed E-state index contributed by atoms with van der Waals surface area (Å²) in [6.07, 6.45) is 6.73. The van der Waals surface area contributed by atoms with Gasteiger partial charge in [-0.1, -0.05) is 69.4 Å². The summed E-state index contributed by atoms with van der Waals surface area (Å²) < 4.78 is 5.15. The highest BCUT2D eigenvalue weighted by molar-refractivity contribution is 5.92. The number of esters is 1. The second-order valence-corrected chi connectivity index (χ2v) is 5.83. The summed E-state index contributed by atoms with van der Waals surface area (Å²) in [7, 11) is 0. The highest BCUT2D eigenvalue weighted by Crippen LogP contribution is 2.29. The Morgan fingerprint density at radius 2 is 1.67 bits per heavy atom. The molecule has 0 radical (unpaired) electrons. The van der Waals surface area contributed by atoms with E-state index in [4.69, 9.17) is 4.74 Å². The van der Waals surface area contributed by atoms with Crippen LogP contribution in [0.3, 0.4) is 0 Å². The fraction of sp³-hybridized carbons (Fsp3) is 0.526. The molecule has 0 saturated carbocycles. The fourth-order valence-corrected chi connectivity index (χ4v) is 2.52. The highest BCUT2D eigenvalue weighted by atomic mass is 16.5. The minimum absolute atomic E-state index is 0.157. The molecule has 0 aliphatic heterocycles. The Bertz CT molecular complexity index is 506. The van der Waals surface area contributed by atoms with Gasteiger partial charge in [-0.05, 0) is 12.0 Å². The molecule has 0 saturated heterocycles. The predicted molar refractivity (Wildman–Crippen MR) is 90.3 cm³/mol. The molecule has 0 aliphatic rings. The minimum atomic E-state index is -2.28. The summed E-state index contributed by atoms with van der Waals surface area (Å²) in [4.78, 5) is 34.6. The van der Waals surface area contributed by atoms with Crippen LogP contribution in [0.1, 0.15) is 51.0 Å². The van der Waals surface area contributed by atoms with Crippen LogP contribution in [0, 0.1) is 5.92 Å². The van der Waals surface area contributed by atoms with Gasteiger partial charge in [0, 0.05) is 0 Å². The summed E-state index contributed by atoms with van der Waals surface area (Å²) in [6.45, 7) is 2.30. The van der Waals surface area contributed by atoms with Crippen LogP contribution in [0.2, 0.25) is 0 Å². The molecule has 0 amide bonds. The van der Waals surface area contributed by atoms with Gasteiger partial charge in [-0.25, -0.2) is 4.79 Å². The first-order chi connectivity index (χ1) is 11.6. The number of hydrogen-bond acceptors (Lipinski definition) is 5. The van der Waals surface area contributed by atoms with E-state index in [0.717, 1.165) is 25.7 Å². The Hall–Kier alpha value is -2.01. The molecule has 1 aromatic carbocycles. The van der Waals surface area contributed by atoms with E-state index in [-0.39, 0.29) is 24.7 Å². The van der Waals surface area contributed by atoms with Crippen LogP contribution in [0.5, 0.6) is 0 Å². The number of benzene rings is 1. The van der Waals surface area contributed by atoms with Crippen molar-refractivity contribution in [1.29, 1.82) is 0 Å². The van der Waals surface area contributed by atoms with Gasteiger partial charge in [0.15, 0.2) is 0 Å². The van der Waals surface area contributed by atoms with Gasteiger partial charge < -0.3 is 19.4 Å². The maximum absolute atomic E-state index is 12.4. The largest absolute Gasteiger partial charge is 0.463 e. The minimum Gasteiger partial charge on any atom is -0.463 e. The van der Waals surface area contributed by atoms with Crippen LogP contribution in [-0.2, 0) is 24.7 Å². The Balaban J connectivity index is 2.69. The Labute approximate surface area is 143 Å². The van der Waals surface area contributed by atoms with Crippen molar-refractivity contribution in [1.82, 2.24) is 0 Å². The van der Waals surface area contributed by atoms with Crippen LogP contribution in [0.15, 0.2) is 30.3 Å². The van der Waals surface area contributed by atoms with Crippen molar-refractivity contribution in [2.45, 2.75) is 51.0 Å². The van der Waals surface area contributed by atoms with Gasteiger partial charge in [0.1, 0.15) is 18.5 Å². The molecule has 5 nitrogen and oxygen atoms in total. The lowest BCUT2D eigenvalue weighted by Crippen LogP contribution is -2.46.